The number of carbonyl (C=O) groups is 1. The van der Waals surface area contributed by atoms with Gasteiger partial charge in [-0.1, -0.05) is 38.1 Å². The van der Waals surface area contributed by atoms with Gasteiger partial charge < -0.3 is 29.6 Å². The van der Waals surface area contributed by atoms with Crippen molar-refractivity contribution in [1.29, 1.82) is 0 Å². The molecule has 4 aromatic rings. The van der Waals surface area contributed by atoms with Gasteiger partial charge >= 0.3 is 5.97 Å². The van der Waals surface area contributed by atoms with E-state index in [0.29, 0.717) is 11.5 Å². The van der Waals surface area contributed by atoms with Gasteiger partial charge in [0, 0.05) is 23.1 Å². The molecule has 8 nitrogen and oxygen atoms in total. The summed E-state index contributed by atoms with van der Waals surface area (Å²) in [6.45, 7) is 4.14. The fourth-order valence-electron chi connectivity index (χ4n) is 4.44. The Hall–Kier alpha value is -4.46. The lowest BCUT2D eigenvalue weighted by Crippen LogP contribution is -2.22. The van der Waals surface area contributed by atoms with Gasteiger partial charge in [0.2, 0.25) is 11.2 Å². The number of rotatable bonds is 3. The summed E-state index contributed by atoms with van der Waals surface area (Å²) >= 11 is 0. The minimum atomic E-state index is -0.889. The average Bonchev–Trinajstić information content (AvgIpc) is 2.82. The molecule has 1 aliphatic rings. The van der Waals surface area contributed by atoms with Crippen molar-refractivity contribution in [3.05, 3.63) is 75.4 Å². The highest BCUT2D eigenvalue weighted by Crippen LogP contribution is 2.47. The molecule has 5 rings (SSSR count). The maximum Gasteiger partial charge on any atom is 0.312 e. The summed E-state index contributed by atoms with van der Waals surface area (Å²) in [5, 5.41) is 40.5. The molecule has 35 heavy (non-hydrogen) atoms. The van der Waals surface area contributed by atoms with Crippen LogP contribution in [0.5, 0.6) is 28.7 Å². The van der Waals surface area contributed by atoms with Crippen LogP contribution in [-0.2, 0) is 4.79 Å². The van der Waals surface area contributed by atoms with E-state index >= 15 is 0 Å². The molecule has 0 fully saturated rings. The third-order valence-electron chi connectivity index (χ3n) is 6.31. The largest absolute Gasteiger partial charge is 0.507 e. The van der Waals surface area contributed by atoms with Crippen LogP contribution in [-0.4, -0.2) is 26.4 Å². The fourth-order valence-corrected chi connectivity index (χ4v) is 4.44. The second kappa shape index (κ2) is 8.09. The van der Waals surface area contributed by atoms with Gasteiger partial charge in [-0.2, -0.15) is 0 Å². The molecule has 0 saturated carbocycles. The molecule has 0 amide bonds. The number of phenols is 3. The van der Waals surface area contributed by atoms with Crippen LogP contribution in [0, 0.1) is 0 Å². The molecule has 8 heteroatoms. The van der Waals surface area contributed by atoms with Gasteiger partial charge in [-0.15, -0.1) is 0 Å². The van der Waals surface area contributed by atoms with Crippen molar-refractivity contribution >= 4 is 16.9 Å². The lowest BCUT2D eigenvalue weighted by Gasteiger charge is -2.26. The molecule has 1 aromatic heterocycles. The van der Waals surface area contributed by atoms with Crippen LogP contribution >= 0.6 is 0 Å². The van der Waals surface area contributed by atoms with Crippen LogP contribution in [0.1, 0.15) is 48.8 Å². The lowest BCUT2D eigenvalue weighted by molar-refractivity contribution is -0.135. The van der Waals surface area contributed by atoms with E-state index in [1.165, 1.54) is 18.2 Å². The second-order valence-electron chi connectivity index (χ2n) is 8.88. The third kappa shape index (κ3) is 3.63. The fraction of sp³-hybridized carbons (Fsp3) is 0.185. The zero-order valence-corrected chi connectivity index (χ0v) is 18.9. The van der Waals surface area contributed by atoms with Gasteiger partial charge in [0.05, 0.1) is 6.42 Å². The van der Waals surface area contributed by atoms with Crippen molar-refractivity contribution in [3.63, 3.8) is 0 Å². The number of benzene rings is 3. The summed E-state index contributed by atoms with van der Waals surface area (Å²) in [4.78, 5) is 25.5. The van der Waals surface area contributed by atoms with E-state index in [4.69, 9.17) is 9.15 Å². The number of aromatic hydroxyl groups is 4. The van der Waals surface area contributed by atoms with Crippen molar-refractivity contribution in [2.75, 3.05) is 0 Å². The standard InChI is InChI=1S/C27H22O8/c1-12(2)13-3-5-14(6-4-13)16-10-21(31)34-20-11-19(30)23-24(32)25(33)26(35-27(23)22(16)20)15-7-8-17(28)18(29)9-15/h3-9,11-12,16,28-30,33H,10H2,1-2H3/t16-/m1/s1. The predicted octanol–water partition coefficient (Wildman–Crippen LogP) is 4.85. The highest BCUT2D eigenvalue weighted by Gasteiger charge is 2.34. The molecule has 0 unspecified atom stereocenters. The second-order valence-corrected chi connectivity index (χ2v) is 8.88. The van der Waals surface area contributed by atoms with E-state index in [0.717, 1.165) is 17.2 Å². The first-order valence-corrected chi connectivity index (χ1v) is 11.0. The molecule has 1 atom stereocenters. The predicted molar refractivity (Wildman–Crippen MR) is 127 cm³/mol. The van der Waals surface area contributed by atoms with Crippen LogP contribution in [0.4, 0.5) is 0 Å². The Labute approximate surface area is 199 Å². The number of ether oxygens (including phenoxy) is 1. The zero-order chi connectivity index (χ0) is 25.0. The highest BCUT2D eigenvalue weighted by atomic mass is 16.5. The third-order valence-corrected chi connectivity index (χ3v) is 6.31. The molecular weight excluding hydrogens is 452 g/mol. The van der Waals surface area contributed by atoms with Gasteiger partial charge in [-0.05, 0) is 35.2 Å². The lowest BCUT2D eigenvalue weighted by atomic mass is 9.84. The molecule has 178 valence electrons. The van der Waals surface area contributed by atoms with E-state index in [9.17, 15) is 30.0 Å². The number of phenolic OH excluding ortho intramolecular Hbond substituents is 3. The molecule has 4 N–H and O–H groups in total. The maximum atomic E-state index is 13.1. The SMILES string of the molecule is CC(C)c1ccc([C@H]2CC(=O)Oc3cc(O)c4c(=O)c(O)c(-c5ccc(O)c(O)c5)oc4c32)cc1. The molecule has 3 aromatic carbocycles. The van der Waals surface area contributed by atoms with Crippen LogP contribution < -0.4 is 10.2 Å². The Morgan fingerprint density at radius 2 is 1.60 bits per heavy atom. The Kier molecular flexibility index (Phi) is 5.16. The first-order valence-electron chi connectivity index (χ1n) is 11.0. The molecular formula is C27H22O8. The smallest absolute Gasteiger partial charge is 0.312 e. The molecule has 2 heterocycles. The highest BCUT2D eigenvalue weighted by molar-refractivity contribution is 5.94. The van der Waals surface area contributed by atoms with Crippen molar-refractivity contribution in [3.8, 4) is 40.1 Å². The van der Waals surface area contributed by atoms with Crippen LogP contribution in [0.15, 0.2) is 57.7 Å². The summed E-state index contributed by atoms with van der Waals surface area (Å²) in [6.07, 6.45) is -0.0200. The molecule has 0 spiro atoms. The zero-order valence-electron chi connectivity index (χ0n) is 18.9. The summed E-state index contributed by atoms with van der Waals surface area (Å²) in [6, 6.07) is 12.6. The van der Waals surface area contributed by atoms with Crippen LogP contribution in [0.3, 0.4) is 0 Å². The average molecular weight is 474 g/mol. The molecule has 1 aliphatic heterocycles. The van der Waals surface area contributed by atoms with Gasteiger partial charge in [-0.25, -0.2) is 0 Å². The van der Waals surface area contributed by atoms with E-state index < -0.39 is 34.6 Å². The van der Waals surface area contributed by atoms with Crippen molar-refractivity contribution in [2.45, 2.75) is 32.1 Å². The molecule has 0 radical (unpaired) electrons. The number of carbonyl (C=O) groups excluding carboxylic acids is 1. The van der Waals surface area contributed by atoms with E-state index in [-0.39, 0.29) is 40.2 Å². The molecule has 0 bridgehead atoms. The van der Waals surface area contributed by atoms with Crippen LogP contribution in [0.25, 0.3) is 22.3 Å². The number of fused-ring (bicyclic) bond motifs is 3. The van der Waals surface area contributed by atoms with Gasteiger partial charge in [0.25, 0.3) is 0 Å². The van der Waals surface area contributed by atoms with Gasteiger partial charge in [0.15, 0.2) is 17.3 Å². The van der Waals surface area contributed by atoms with Crippen molar-refractivity contribution < 1.29 is 34.4 Å². The topological polar surface area (TPSA) is 137 Å². The van der Waals surface area contributed by atoms with Crippen molar-refractivity contribution in [2.24, 2.45) is 0 Å². The minimum absolute atomic E-state index is 0.0200. The summed E-state index contributed by atoms with van der Waals surface area (Å²) in [5.41, 5.74) is 1.49. The first-order chi connectivity index (χ1) is 16.7. The minimum Gasteiger partial charge on any atom is -0.507 e. The summed E-state index contributed by atoms with van der Waals surface area (Å²) in [7, 11) is 0. The Bertz CT molecular complexity index is 1550. The van der Waals surface area contributed by atoms with E-state index in [1.54, 1.807) is 0 Å². The number of esters is 1. The van der Waals surface area contributed by atoms with E-state index in [2.05, 4.69) is 13.8 Å². The number of hydrogen-bond acceptors (Lipinski definition) is 8. The molecule has 0 saturated heterocycles. The van der Waals surface area contributed by atoms with Gasteiger partial charge in [-0.3, -0.25) is 9.59 Å². The molecule has 0 aliphatic carbocycles. The Morgan fingerprint density at radius 3 is 2.26 bits per heavy atom. The quantitative estimate of drug-likeness (QED) is 0.188. The Morgan fingerprint density at radius 1 is 0.886 bits per heavy atom. The summed E-state index contributed by atoms with van der Waals surface area (Å²) in [5.74, 6) is -3.08. The monoisotopic (exact) mass is 474 g/mol. The Balaban J connectivity index is 1.80. The number of hydrogen-bond donors (Lipinski definition) is 4. The normalized spacial score (nSPS) is 15.3. The van der Waals surface area contributed by atoms with E-state index in [1.807, 2.05) is 24.3 Å². The maximum absolute atomic E-state index is 13.1. The summed E-state index contributed by atoms with van der Waals surface area (Å²) < 4.78 is 11.4. The van der Waals surface area contributed by atoms with Crippen molar-refractivity contribution in [1.82, 2.24) is 0 Å². The first kappa shape index (κ1) is 22.3. The van der Waals surface area contributed by atoms with Gasteiger partial charge in [0.1, 0.15) is 22.5 Å². The van der Waals surface area contributed by atoms with Crippen LogP contribution in [0.2, 0.25) is 0 Å².